The minimum absolute atomic E-state index is 0.0762. The Kier molecular flexibility index (Phi) is 5.80. The third kappa shape index (κ3) is 3.93. The molecule has 0 saturated carbocycles. The van der Waals surface area contributed by atoms with E-state index in [4.69, 9.17) is 10.1 Å². The molecule has 34 heavy (non-hydrogen) atoms. The highest BCUT2D eigenvalue weighted by Crippen LogP contribution is 2.20. The molecule has 1 fully saturated rings. The first-order valence-electron chi connectivity index (χ1n) is 11.1. The maximum Gasteiger partial charge on any atom is 0.267 e. The molecule has 9 nitrogen and oxygen atoms in total. The predicted octanol–water partition coefficient (Wildman–Crippen LogP) is 1.60. The Morgan fingerprint density at radius 2 is 1.79 bits per heavy atom. The zero-order valence-electron chi connectivity index (χ0n) is 18.8. The Labute approximate surface area is 196 Å². The van der Waals surface area contributed by atoms with Crippen molar-refractivity contribution >= 4 is 26.5 Å². The Morgan fingerprint density at radius 1 is 1.06 bits per heavy atom. The summed E-state index contributed by atoms with van der Waals surface area (Å²) in [5, 5.41) is 9.02. The number of aryl methyl sites for hydroxylation is 1. The smallest absolute Gasteiger partial charge is 0.267 e. The quantitative estimate of drug-likeness (QED) is 0.436. The van der Waals surface area contributed by atoms with Gasteiger partial charge in [-0.1, -0.05) is 24.3 Å². The zero-order valence-corrected chi connectivity index (χ0v) is 19.6. The van der Waals surface area contributed by atoms with E-state index >= 15 is 0 Å². The van der Waals surface area contributed by atoms with E-state index in [1.807, 2.05) is 13.0 Å². The Morgan fingerprint density at radius 3 is 2.53 bits per heavy atom. The van der Waals surface area contributed by atoms with E-state index in [2.05, 4.69) is 9.88 Å². The van der Waals surface area contributed by atoms with Crippen LogP contribution in [-0.4, -0.2) is 60.1 Å². The maximum atomic E-state index is 13.5. The van der Waals surface area contributed by atoms with E-state index in [1.54, 1.807) is 35.0 Å². The summed E-state index contributed by atoms with van der Waals surface area (Å²) in [5.41, 5.74) is 1.08. The van der Waals surface area contributed by atoms with Crippen molar-refractivity contribution in [3.8, 4) is 0 Å². The van der Waals surface area contributed by atoms with E-state index in [-0.39, 0.29) is 26.2 Å². The summed E-state index contributed by atoms with van der Waals surface area (Å²) in [6, 6.07) is 12.9. The van der Waals surface area contributed by atoms with Crippen molar-refractivity contribution in [2.24, 2.45) is 0 Å². The Hall–Kier alpha value is -3.34. The van der Waals surface area contributed by atoms with E-state index in [9.17, 15) is 13.2 Å². The highest BCUT2D eigenvalue weighted by Gasteiger charge is 2.24. The normalized spacial score (nSPS) is 15.2. The number of rotatable bonds is 5. The van der Waals surface area contributed by atoms with Crippen LogP contribution in [0.3, 0.4) is 0 Å². The fraction of sp³-hybridized carbons (Fsp3) is 0.292. The van der Waals surface area contributed by atoms with Crippen LogP contribution in [0.1, 0.15) is 5.56 Å². The third-order valence-corrected chi connectivity index (χ3v) is 7.89. The third-order valence-electron chi connectivity index (χ3n) is 6.11. The number of aromatic nitrogens is 3. The van der Waals surface area contributed by atoms with Gasteiger partial charge < -0.3 is 9.30 Å². The number of hydrogen-bond donors (Lipinski definition) is 1. The second-order valence-electron chi connectivity index (χ2n) is 8.37. The van der Waals surface area contributed by atoms with Gasteiger partial charge in [0.15, 0.2) is 0 Å². The molecule has 0 aliphatic carbocycles. The first-order chi connectivity index (χ1) is 16.4. The highest BCUT2D eigenvalue weighted by molar-refractivity contribution is 7.91. The Balaban J connectivity index is 1.76. The standard InChI is InChI=1S/C24H25N5O4S/c1-17-7-8-21-26-23-19(24(30)29(21)16-17)15-20(34(31,32)18-5-3-2-4-6-18)22(25)28(23)10-9-27-11-13-33-14-12-27/h2-8,15-16,25H,9-14H2,1H3. The molecule has 4 aromatic rings. The number of morpholine rings is 1. The molecule has 1 aliphatic heterocycles. The van der Waals surface area contributed by atoms with Crippen LogP contribution in [0.4, 0.5) is 0 Å². The molecule has 5 rings (SSSR count). The molecule has 1 saturated heterocycles. The summed E-state index contributed by atoms with van der Waals surface area (Å²) < 4.78 is 35.4. The van der Waals surface area contributed by atoms with Crippen molar-refractivity contribution in [3.05, 3.63) is 76.1 Å². The largest absolute Gasteiger partial charge is 0.379 e. The topological polar surface area (TPSA) is 110 Å². The van der Waals surface area contributed by atoms with Gasteiger partial charge in [-0.3, -0.25) is 19.5 Å². The molecule has 1 aliphatic rings. The van der Waals surface area contributed by atoms with Gasteiger partial charge in [0.1, 0.15) is 21.7 Å². The molecular weight excluding hydrogens is 454 g/mol. The molecule has 1 aromatic carbocycles. The van der Waals surface area contributed by atoms with Gasteiger partial charge in [-0.2, -0.15) is 0 Å². The lowest BCUT2D eigenvalue weighted by molar-refractivity contribution is 0.0363. The molecule has 0 unspecified atom stereocenters. The number of nitrogens with one attached hydrogen (secondary N) is 1. The van der Waals surface area contributed by atoms with E-state index in [0.29, 0.717) is 37.6 Å². The van der Waals surface area contributed by atoms with Gasteiger partial charge >= 0.3 is 0 Å². The molecule has 176 valence electrons. The lowest BCUT2D eigenvalue weighted by Gasteiger charge is -2.27. The Bertz CT molecular complexity index is 1600. The number of sulfone groups is 1. The van der Waals surface area contributed by atoms with E-state index in [0.717, 1.165) is 18.7 Å². The van der Waals surface area contributed by atoms with Crippen molar-refractivity contribution < 1.29 is 13.2 Å². The molecule has 4 heterocycles. The van der Waals surface area contributed by atoms with Crippen LogP contribution in [0.5, 0.6) is 0 Å². The SMILES string of the molecule is Cc1ccc2nc3c(cc(S(=O)(=O)c4ccccc4)c(=N)n3CCN3CCOCC3)c(=O)n2c1. The average molecular weight is 480 g/mol. The fourth-order valence-corrected chi connectivity index (χ4v) is 5.64. The highest BCUT2D eigenvalue weighted by atomic mass is 32.2. The van der Waals surface area contributed by atoms with Crippen molar-refractivity contribution in [2.75, 3.05) is 32.8 Å². The van der Waals surface area contributed by atoms with E-state index < -0.39 is 9.84 Å². The maximum absolute atomic E-state index is 13.5. The van der Waals surface area contributed by atoms with Crippen molar-refractivity contribution in [2.45, 2.75) is 23.3 Å². The molecule has 3 aromatic heterocycles. The van der Waals surface area contributed by atoms with Gasteiger partial charge in [0.25, 0.3) is 5.56 Å². The lowest BCUT2D eigenvalue weighted by Crippen LogP contribution is -2.40. The average Bonchev–Trinajstić information content (AvgIpc) is 2.85. The van der Waals surface area contributed by atoms with Crippen LogP contribution in [0.25, 0.3) is 16.7 Å². The van der Waals surface area contributed by atoms with Crippen LogP contribution < -0.4 is 11.0 Å². The van der Waals surface area contributed by atoms with Gasteiger partial charge in [-0.05, 0) is 36.8 Å². The summed E-state index contributed by atoms with van der Waals surface area (Å²) in [4.78, 5) is 20.2. The summed E-state index contributed by atoms with van der Waals surface area (Å²) in [6.45, 7) is 5.55. The summed E-state index contributed by atoms with van der Waals surface area (Å²) in [7, 11) is -4.02. The molecule has 0 atom stereocenters. The number of nitrogens with zero attached hydrogens (tertiary/aromatic N) is 4. The fourth-order valence-electron chi connectivity index (χ4n) is 4.23. The summed E-state index contributed by atoms with van der Waals surface area (Å²) in [6.07, 6.45) is 1.68. The first-order valence-corrected chi connectivity index (χ1v) is 12.6. The van der Waals surface area contributed by atoms with Crippen LogP contribution in [0, 0.1) is 12.3 Å². The van der Waals surface area contributed by atoms with Crippen molar-refractivity contribution in [3.63, 3.8) is 0 Å². The van der Waals surface area contributed by atoms with Crippen LogP contribution in [0.15, 0.2) is 69.3 Å². The number of fused-ring (bicyclic) bond motifs is 2. The molecular formula is C24H25N5O4S. The van der Waals surface area contributed by atoms with E-state index in [1.165, 1.54) is 22.6 Å². The second kappa shape index (κ2) is 8.79. The van der Waals surface area contributed by atoms with Crippen molar-refractivity contribution in [1.29, 1.82) is 5.41 Å². The van der Waals surface area contributed by atoms with Gasteiger partial charge in [0.2, 0.25) is 9.84 Å². The number of hydrogen-bond acceptors (Lipinski definition) is 7. The lowest BCUT2D eigenvalue weighted by atomic mass is 10.2. The van der Waals surface area contributed by atoms with Gasteiger partial charge in [0.05, 0.1) is 23.5 Å². The molecule has 0 bridgehead atoms. The van der Waals surface area contributed by atoms with Crippen LogP contribution in [-0.2, 0) is 21.1 Å². The number of pyridine rings is 2. The zero-order chi connectivity index (χ0) is 23.9. The van der Waals surface area contributed by atoms with Crippen LogP contribution in [0.2, 0.25) is 0 Å². The summed E-state index contributed by atoms with van der Waals surface area (Å²) >= 11 is 0. The predicted molar refractivity (Wildman–Crippen MR) is 127 cm³/mol. The molecule has 0 spiro atoms. The van der Waals surface area contributed by atoms with Gasteiger partial charge in [-0.15, -0.1) is 0 Å². The number of ether oxygens (including phenoxy) is 1. The molecule has 10 heteroatoms. The summed E-state index contributed by atoms with van der Waals surface area (Å²) in [5.74, 6) is 0. The minimum Gasteiger partial charge on any atom is -0.379 e. The molecule has 0 amide bonds. The van der Waals surface area contributed by atoms with Gasteiger partial charge in [0, 0.05) is 32.4 Å². The second-order valence-corrected chi connectivity index (χ2v) is 10.3. The monoisotopic (exact) mass is 479 g/mol. The van der Waals surface area contributed by atoms with Crippen molar-refractivity contribution in [1.82, 2.24) is 18.9 Å². The minimum atomic E-state index is -4.02. The van der Waals surface area contributed by atoms with Crippen LogP contribution >= 0.6 is 0 Å². The van der Waals surface area contributed by atoms with Gasteiger partial charge in [-0.25, -0.2) is 13.4 Å². The number of benzene rings is 1. The molecule has 0 radical (unpaired) electrons. The first kappa shape index (κ1) is 22.5. The molecule has 1 N–H and O–H groups in total.